The molecule has 2 aromatic carbocycles. The van der Waals surface area contributed by atoms with Gasteiger partial charge in [-0.1, -0.05) is 52.8 Å². The Bertz CT molecular complexity index is 1240. The van der Waals surface area contributed by atoms with Crippen molar-refractivity contribution in [2.45, 2.75) is 53.0 Å². The number of hydrogen-bond acceptors (Lipinski definition) is 7. The molecule has 8 heteroatoms. The number of hydrogen-bond donors (Lipinski definition) is 1. The Balaban J connectivity index is 2.23. The van der Waals surface area contributed by atoms with E-state index in [4.69, 9.17) is 9.47 Å². The van der Waals surface area contributed by atoms with Crippen LogP contribution in [-0.4, -0.2) is 65.9 Å². The van der Waals surface area contributed by atoms with Crippen LogP contribution < -0.4 is 9.47 Å². The Labute approximate surface area is 224 Å². The van der Waals surface area contributed by atoms with Gasteiger partial charge in [0.25, 0.3) is 11.7 Å². The SMILES string of the molecule is CCN(CC)CCN1C(=O)C(=O)/C(=C(/O)c2cc(C(C)(C)C)ccc2OC)C1c1cccc(OC(C)=O)c1. The number of amides is 1. The number of rotatable bonds is 9. The van der Waals surface area contributed by atoms with Gasteiger partial charge in [-0.2, -0.15) is 0 Å². The van der Waals surface area contributed by atoms with Crippen LogP contribution in [0.15, 0.2) is 48.0 Å². The summed E-state index contributed by atoms with van der Waals surface area (Å²) < 4.78 is 10.8. The van der Waals surface area contributed by atoms with E-state index in [-0.39, 0.29) is 29.0 Å². The lowest BCUT2D eigenvalue weighted by atomic mass is 9.85. The lowest BCUT2D eigenvalue weighted by Gasteiger charge is -2.28. The van der Waals surface area contributed by atoms with Crippen LogP contribution >= 0.6 is 0 Å². The maximum Gasteiger partial charge on any atom is 0.308 e. The van der Waals surface area contributed by atoms with Gasteiger partial charge < -0.3 is 24.4 Å². The molecule has 0 bridgehead atoms. The summed E-state index contributed by atoms with van der Waals surface area (Å²) in [6.45, 7) is 13.9. The molecule has 1 aliphatic rings. The molecule has 204 valence electrons. The van der Waals surface area contributed by atoms with E-state index in [0.717, 1.165) is 18.7 Å². The van der Waals surface area contributed by atoms with E-state index in [1.165, 1.54) is 18.9 Å². The van der Waals surface area contributed by atoms with E-state index in [2.05, 4.69) is 4.90 Å². The highest BCUT2D eigenvalue weighted by molar-refractivity contribution is 6.46. The number of aliphatic hydroxyl groups excluding tert-OH is 1. The summed E-state index contributed by atoms with van der Waals surface area (Å²) in [5.41, 5.74) is 1.57. The van der Waals surface area contributed by atoms with Crippen LogP contribution in [0.4, 0.5) is 0 Å². The molecule has 1 aliphatic heterocycles. The number of esters is 1. The van der Waals surface area contributed by atoms with Crippen molar-refractivity contribution in [2.24, 2.45) is 0 Å². The molecular weight excluding hydrogens is 484 g/mol. The lowest BCUT2D eigenvalue weighted by molar-refractivity contribution is -0.140. The molecule has 0 aliphatic carbocycles. The Morgan fingerprint density at radius 1 is 1.08 bits per heavy atom. The zero-order chi connectivity index (χ0) is 28.2. The van der Waals surface area contributed by atoms with Gasteiger partial charge in [0.05, 0.1) is 24.3 Å². The minimum Gasteiger partial charge on any atom is -0.507 e. The van der Waals surface area contributed by atoms with Crippen LogP contribution in [0.25, 0.3) is 5.76 Å². The maximum atomic E-state index is 13.5. The summed E-state index contributed by atoms with van der Waals surface area (Å²) in [6.07, 6.45) is 0. The largest absolute Gasteiger partial charge is 0.507 e. The van der Waals surface area contributed by atoms with E-state index in [9.17, 15) is 19.5 Å². The highest BCUT2D eigenvalue weighted by atomic mass is 16.5. The maximum absolute atomic E-state index is 13.5. The molecule has 0 aromatic heterocycles. The molecule has 1 fully saturated rings. The van der Waals surface area contributed by atoms with E-state index in [0.29, 0.717) is 23.4 Å². The molecule has 8 nitrogen and oxygen atoms in total. The summed E-state index contributed by atoms with van der Waals surface area (Å²) in [6, 6.07) is 11.3. The Morgan fingerprint density at radius 2 is 1.76 bits per heavy atom. The van der Waals surface area contributed by atoms with E-state index < -0.39 is 23.7 Å². The average Bonchev–Trinajstić information content (AvgIpc) is 3.12. The van der Waals surface area contributed by atoms with Crippen molar-refractivity contribution in [1.82, 2.24) is 9.80 Å². The second-order valence-electron chi connectivity index (χ2n) is 10.4. The molecule has 1 amide bonds. The first-order valence-electron chi connectivity index (χ1n) is 12.9. The summed E-state index contributed by atoms with van der Waals surface area (Å²) in [4.78, 5) is 42.1. The molecule has 3 rings (SSSR count). The van der Waals surface area contributed by atoms with Gasteiger partial charge in [0.1, 0.15) is 17.3 Å². The van der Waals surface area contributed by atoms with Gasteiger partial charge in [-0.3, -0.25) is 14.4 Å². The molecule has 1 unspecified atom stereocenters. The van der Waals surface area contributed by atoms with Crippen molar-refractivity contribution >= 4 is 23.4 Å². The first-order valence-corrected chi connectivity index (χ1v) is 12.9. The van der Waals surface area contributed by atoms with Crippen molar-refractivity contribution in [3.8, 4) is 11.5 Å². The first-order chi connectivity index (χ1) is 17.9. The predicted octanol–water partition coefficient (Wildman–Crippen LogP) is 4.68. The number of methoxy groups -OCH3 is 1. The predicted molar refractivity (Wildman–Crippen MR) is 146 cm³/mol. The normalized spacial score (nSPS) is 17.3. The second-order valence-corrected chi connectivity index (χ2v) is 10.4. The molecule has 1 saturated heterocycles. The molecule has 1 heterocycles. The van der Waals surface area contributed by atoms with Crippen LogP contribution in [0, 0.1) is 0 Å². The number of nitrogens with zero attached hydrogens (tertiary/aromatic N) is 2. The molecule has 0 spiro atoms. The molecule has 1 N–H and O–H groups in total. The van der Waals surface area contributed by atoms with Gasteiger partial charge in [0.2, 0.25) is 0 Å². The van der Waals surface area contributed by atoms with Crippen molar-refractivity contribution in [2.75, 3.05) is 33.3 Å². The van der Waals surface area contributed by atoms with Gasteiger partial charge in [-0.25, -0.2) is 0 Å². The first kappa shape index (κ1) is 28.9. The van der Waals surface area contributed by atoms with Crippen molar-refractivity contribution in [1.29, 1.82) is 0 Å². The van der Waals surface area contributed by atoms with Gasteiger partial charge in [-0.05, 0) is 53.9 Å². The Hall–Kier alpha value is -3.65. The molecule has 38 heavy (non-hydrogen) atoms. The zero-order valence-electron chi connectivity index (χ0n) is 23.3. The quantitative estimate of drug-likeness (QED) is 0.168. The number of aliphatic hydroxyl groups is 1. The summed E-state index contributed by atoms with van der Waals surface area (Å²) >= 11 is 0. The number of likely N-dealkylation sites (N-methyl/N-ethyl adjacent to an activating group) is 1. The van der Waals surface area contributed by atoms with E-state index in [1.54, 1.807) is 36.4 Å². The van der Waals surface area contributed by atoms with Crippen LogP contribution in [-0.2, 0) is 19.8 Å². The molecule has 0 saturated carbocycles. The van der Waals surface area contributed by atoms with E-state index >= 15 is 0 Å². The van der Waals surface area contributed by atoms with Gasteiger partial charge >= 0.3 is 5.97 Å². The second kappa shape index (κ2) is 11.8. The topological polar surface area (TPSA) is 96.4 Å². The zero-order valence-corrected chi connectivity index (χ0v) is 23.3. The Kier molecular flexibility index (Phi) is 8.99. The number of carbonyl (C=O) groups is 3. The lowest BCUT2D eigenvalue weighted by Crippen LogP contribution is -2.38. The highest BCUT2D eigenvalue weighted by Crippen LogP contribution is 2.42. The highest BCUT2D eigenvalue weighted by Gasteiger charge is 2.46. The monoisotopic (exact) mass is 522 g/mol. The number of ketones is 1. The third kappa shape index (κ3) is 6.07. The summed E-state index contributed by atoms with van der Waals surface area (Å²) in [5, 5.41) is 11.6. The number of benzene rings is 2. The number of Topliss-reactive ketones (excluding diaryl/α,β-unsaturated/α-hetero) is 1. The van der Waals surface area contributed by atoms with E-state index in [1.807, 2.05) is 40.7 Å². The minimum atomic E-state index is -0.871. The van der Waals surface area contributed by atoms with Crippen molar-refractivity contribution < 1.29 is 29.0 Å². The molecule has 0 radical (unpaired) electrons. The Morgan fingerprint density at radius 3 is 2.34 bits per heavy atom. The third-order valence-corrected chi connectivity index (χ3v) is 6.85. The van der Waals surface area contributed by atoms with Crippen LogP contribution in [0.2, 0.25) is 0 Å². The number of ether oxygens (including phenoxy) is 2. The molecule has 1 atom stereocenters. The average molecular weight is 523 g/mol. The summed E-state index contributed by atoms with van der Waals surface area (Å²) in [7, 11) is 1.49. The number of likely N-dealkylation sites (tertiary alicyclic amines) is 1. The van der Waals surface area contributed by atoms with Crippen molar-refractivity contribution in [3.63, 3.8) is 0 Å². The minimum absolute atomic E-state index is 0.0288. The van der Waals surface area contributed by atoms with Gasteiger partial charge in [0, 0.05) is 20.0 Å². The molecular formula is C30H38N2O6. The fourth-order valence-electron chi connectivity index (χ4n) is 4.66. The standard InChI is InChI=1S/C30H38N2O6/c1-8-31(9-2)15-16-32-26(20-11-10-12-22(17-20)38-19(3)33)25(28(35)29(32)36)27(34)23-18-21(30(4,5)6)13-14-24(23)37-7/h10-14,17-18,26,34H,8-9,15-16H2,1-7H3/b27-25+. The third-order valence-electron chi connectivity index (χ3n) is 6.85. The number of carbonyl (C=O) groups excluding carboxylic acids is 3. The smallest absolute Gasteiger partial charge is 0.308 e. The van der Waals surface area contributed by atoms with Crippen molar-refractivity contribution in [3.05, 3.63) is 64.7 Å². The summed E-state index contributed by atoms with van der Waals surface area (Å²) in [5.74, 6) is -1.57. The van der Waals surface area contributed by atoms with Gasteiger partial charge in [0.15, 0.2) is 0 Å². The fourth-order valence-corrected chi connectivity index (χ4v) is 4.66. The molecule has 2 aromatic rings. The van der Waals surface area contributed by atoms with Crippen LogP contribution in [0.1, 0.15) is 64.3 Å². The van der Waals surface area contributed by atoms with Crippen LogP contribution in [0.3, 0.4) is 0 Å². The van der Waals surface area contributed by atoms with Crippen LogP contribution in [0.5, 0.6) is 11.5 Å². The fraction of sp³-hybridized carbons (Fsp3) is 0.433. The van der Waals surface area contributed by atoms with Gasteiger partial charge in [-0.15, -0.1) is 0 Å².